The van der Waals surface area contributed by atoms with E-state index >= 15 is 0 Å². The number of para-hydroxylation sites is 2. The van der Waals surface area contributed by atoms with Crippen LogP contribution in [0.4, 0.5) is 11.4 Å². The zero-order valence-electron chi connectivity index (χ0n) is 21.8. The Morgan fingerprint density at radius 3 is 1.86 bits per heavy atom. The fourth-order valence-electron chi connectivity index (χ4n) is 5.41. The smallest absolute Gasteiger partial charge is 0.228 e. The van der Waals surface area contributed by atoms with E-state index in [1.54, 1.807) is 0 Å². The number of benzene rings is 2. The molecule has 1 aliphatic carbocycles. The molecule has 1 saturated carbocycles. The van der Waals surface area contributed by atoms with E-state index in [0.29, 0.717) is 5.92 Å². The maximum atomic E-state index is 13.3. The lowest BCUT2D eigenvalue weighted by Crippen LogP contribution is -2.40. The molecule has 4 unspecified atom stereocenters. The van der Waals surface area contributed by atoms with E-state index in [-0.39, 0.29) is 23.7 Å². The Balaban J connectivity index is 1.58. The minimum Gasteiger partial charge on any atom is -0.326 e. The second kappa shape index (κ2) is 14.1. The van der Waals surface area contributed by atoms with Crippen LogP contribution in [-0.2, 0) is 9.59 Å². The number of hydrogen-bond donors (Lipinski definition) is 2. The van der Waals surface area contributed by atoms with Crippen LogP contribution in [0.5, 0.6) is 0 Å². The van der Waals surface area contributed by atoms with E-state index in [2.05, 4.69) is 31.4 Å². The molecule has 2 N–H and O–H groups in total. The molecule has 0 aliphatic heterocycles. The van der Waals surface area contributed by atoms with E-state index in [1.165, 1.54) is 32.1 Å². The van der Waals surface area contributed by atoms with Gasteiger partial charge in [-0.25, -0.2) is 0 Å². The summed E-state index contributed by atoms with van der Waals surface area (Å²) in [5.41, 5.74) is 1.57. The van der Waals surface area contributed by atoms with Gasteiger partial charge in [-0.15, -0.1) is 0 Å². The van der Waals surface area contributed by atoms with Crippen LogP contribution in [0, 0.1) is 29.6 Å². The highest BCUT2D eigenvalue weighted by atomic mass is 16.2. The molecule has 1 fully saturated rings. The molecular weight excluding hydrogens is 432 g/mol. The van der Waals surface area contributed by atoms with Crippen molar-refractivity contribution >= 4 is 23.2 Å². The largest absolute Gasteiger partial charge is 0.326 e. The van der Waals surface area contributed by atoms with Gasteiger partial charge in [-0.1, -0.05) is 95.7 Å². The average molecular weight is 477 g/mol. The number of amides is 2. The van der Waals surface area contributed by atoms with Crippen LogP contribution in [0.3, 0.4) is 0 Å². The van der Waals surface area contributed by atoms with Crippen LogP contribution in [0.2, 0.25) is 0 Å². The van der Waals surface area contributed by atoms with Crippen molar-refractivity contribution in [2.24, 2.45) is 29.6 Å². The van der Waals surface area contributed by atoms with Gasteiger partial charge in [-0.05, 0) is 61.3 Å². The summed E-state index contributed by atoms with van der Waals surface area (Å²) in [5.74, 6) is 1.38. The molecule has 1 aliphatic rings. The maximum Gasteiger partial charge on any atom is 0.228 e. The summed E-state index contributed by atoms with van der Waals surface area (Å²) >= 11 is 0. The molecule has 35 heavy (non-hydrogen) atoms. The predicted molar refractivity (Wildman–Crippen MR) is 146 cm³/mol. The van der Waals surface area contributed by atoms with Crippen molar-refractivity contribution in [2.45, 2.75) is 78.6 Å². The quantitative estimate of drug-likeness (QED) is 0.327. The number of hydrogen-bond acceptors (Lipinski definition) is 2. The van der Waals surface area contributed by atoms with Crippen LogP contribution >= 0.6 is 0 Å². The van der Waals surface area contributed by atoms with Crippen molar-refractivity contribution in [3.05, 3.63) is 60.7 Å². The molecule has 0 radical (unpaired) electrons. The molecule has 0 heterocycles. The van der Waals surface area contributed by atoms with E-state index in [0.717, 1.165) is 48.9 Å². The van der Waals surface area contributed by atoms with Gasteiger partial charge in [0.15, 0.2) is 0 Å². The van der Waals surface area contributed by atoms with Crippen molar-refractivity contribution < 1.29 is 9.59 Å². The highest BCUT2D eigenvalue weighted by Crippen LogP contribution is 2.38. The van der Waals surface area contributed by atoms with Crippen LogP contribution in [0.25, 0.3) is 0 Å². The topological polar surface area (TPSA) is 58.2 Å². The highest BCUT2D eigenvalue weighted by Gasteiger charge is 2.39. The Labute approximate surface area is 212 Å². The van der Waals surface area contributed by atoms with Crippen LogP contribution in [-0.4, -0.2) is 11.8 Å². The summed E-state index contributed by atoms with van der Waals surface area (Å²) in [6.07, 6.45) is 10.1. The number of nitrogens with one attached hydrogen (secondary N) is 2. The molecule has 4 heteroatoms. The second-order valence-electron chi connectivity index (χ2n) is 11.0. The summed E-state index contributed by atoms with van der Waals surface area (Å²) in [6, 6.07) is 19.1. The highest BCUT2D eigenvalue weighted by molar-refractivity contribution is 5.99. The summed E-state index contributed by atoms with van der Waals surface area (Å²) in [6.45, 7) is 6.97. The summed E-state index contributed by atoms with van der Waals surface area (Å²) in [7, 11) is 0. The van der Waals surface area contributed by atoms with E-state index in [9.17, 15) is 9.59 Å². The van der Waals surface area contributed by atoms with Gasteiger partial charge in [-0.2, -0.15) is 0 Å². The number of rotatable bonds is 12. The molecule has 0 aromatic heterocycles. The van der Waals surface area contributed by atoms with Gasteiger partial charge >= 0.3 is 0 Å². The van der Waals surface area contributed by atoms with E-state index in [4.69, 9.17) is 0 Å². The number of carbonyl (C=O) groups excluding carboxylic acids is 2. The summed E-state index contributed by atoms with van der Waals surface area (Å²) in [5, 5.41) is 6.11. The third-order valence-electron chi connectivity index (χ3n) is 7.50. The van der Waals surface area contributed by atoms with Gasteiger partial charge in [0.1, 0.15) is 0 Å². The lowest BCUT2D eigenvalue weighted by Gasteiger charge is -2.34. The number of carbonyl (C=O) groups is 2. The fraction of sp³-hybridized carbons (Fsp3) is 0.548. The van der Waals surface area contributed by atoms with Crippen molar-refractivity contribution in [1.29, 1.82) is 0 Å². The Hall–Kier alpha value is -2.62. The van der Waals surface area contributed by atoms with Crippen molar-refractivity contribution in [1.82, 2.24) is 0 Å². The van der Waals surface area contributed by atoms with E-state index in [1.807, 2.05) is 60.7 Å². The first-order valence-corrected chi connectivity index (χ1v) is 13.6. The SMILES string of the molecule is CC(C)CCCC(C)CCCC1CCC(C(=O)Nc2ccccc2)C(C(=O)Nc2ccccc2)C1. The Kier molecular flexibility index (Phi) is 10.8. The molecule has 4 atom stereocenters. The minimum absolute atomic E-state index is 0.0313. The number of anilines is 2. The zero-order valence-corrected chi connectivity index (χ0v) is 21.8. The molecule has 0 bridgehead atoms. The third kappa shape index (κ3) is 9.16. The van der Waals surface area contributed by atoms with Crippen molar-refractivity contribution in [3.63, 3.8) is 0 Å². The van der Waals surface area contributed by atoms with Gasteiger partial charge in [0.25, 0.3) is 0 Å². The zero-order chi connectivity index (χ0) is 25.0. The molecule has 190 valence electrons. The van der Waals surface area contributed by atoms with Crippen molar-refractivity contribution in [2.75, 3.05) is 10.6 Å². The van der Waals surface area contributed by atoms with Gasteiger partial charge in [0, 0.05) is 17.3 Å². The predicted octanol–water partition coefficient (Wildman–Crippen LogP) is 7.93. The molecule has 0 saturated heterocycles. The lowest BCUT2D eigenvalue weighted by atomic mass is 9.71. The first-order valence-electron chi connectivity index (χ1n) is 13.6. The maximum absolute atomic E-state index is 13.3. The van der Waals surface area contributed by atoms with Gasteiger partial charge in [-0.3, -0.25) is 9.59 Å². The molecule has 2 amide bonds. The standard InChI is InChI=1S/C31H44N2O2/c1-23(2)12-10-13-24(3)14-11-15-25-20-21-28(30(34)32-26-16-6-4-7-17-26)29(22-25)31(35)33-27-18-8-5-9-19-27/h4-9,16-19,23-25,28-29H,10-15,20-22H2,1-3H3,(H,32,34)(H,33,35). The monoisotopic (exact) mass is 476 g/mol. The Bertz CT molecular complexity index is 897. The first kappa shape index (κ1) is 27.0. The molecule has 0 spiro atoms. The molecular formula is C31H44N2O2. The Morgan fingerprint density at radius 2 is 1.29 bits per heavy atom. The van der Waals surface area contributed by atoms with E-state index < -0.39 is 0 Å². The van der Waals surface area contributed by atoms with Crippen LogP contribution in [0.1, 0.15) is 78.6 Å². The fourth-order valence-corrected chi connectivity index (χ4v) is 5.41. The van der Waals surface area contributed by atoms with Crippen molar-refractivity contribution in [3.8, 4) is 0 Å². The second-order valence-corrected chi connectivity index (χ2v) is 11.0. The first-order chi connectivity index (χ1) is 16.9. The van der Waals surface area contributed by atoms with Crippen LogP contribution in [0.15, 0.2) is 60.7 Å². The third-order valence-corrected chi connectivity index (χ3v) is 7.50. The van der Waals surface area contributed by atoms with Crippen LogP contribution < -0.4 is 10.6 Å². The normalized spacial score (nSPS) is 20.9. The van der Waals surface area contributed by atoms with Gasteiger partial charge < -0.3 is 10.6 Å². The summed E-state index contributed by atoms with van der Waals surface area (Å²) in [4.78, 5) is 26.5. The molecule has 4 nitrogen and oxygen atoms in total. The lowest BCUT2D eigenvalue weighted by molar-refractivity contribution is -0.131. The van der Waals surface area contributed by atoms with Gasteiger partial charge in [0.05, 0.1) is 5.92 Å². The summed E-state index contributed by atoms with van der Waals surface area (Å²) < 4.78 is 0. The van der Waals surface area contributed by atoms with Gasteiger partial charge in [0.2, 0.25) is 11.8 Å². The molecule has 3 rings (SSSR count). The Morgan fingerprint density at radius 1 is 0.743 bits per heavy atom. The molecule has 2 aromatic carbocycles. The average Bonchev–Trinajstić information content (AvgIpc) is 2.85. The molecule has 2 aromatic rings. The minimum atomic E-state index is -0.305.